The SMILES string of the molecule is CNCCOCCSc1cncc(C)c1. The summed E-state index contributed by atoms with van der Waals surface area (Å²) in [6, 6.07) is 2.14. The minimum Gasteiger partial charge on any atom is -0.379 e. The third kappa shape index (κ3) is 5.77. The number of pyridine rings is 1. The maximum Gasteiger partial charge on any atom is 0.0591 e. The van der Waals surface area contributed by atoms with Crippen LogP contribution in [0, 0.1) is 6.92 Å². The average Bonchev–Trinajstić information content (AvgIpc) is 2.23. The molecule has 0 saturated heterocycles. The second-order valence-electron chi connectivity index (χ2n) is 3.26. The Morgan fingerprint density at radius 2 is 2.27 bits per heavy atom. The summed E-state index contributed by atoms with van der Waals surface area (Å²) in [4.78, 5) is 5.36. The molecule has 0 atom stereocenters. The number of hydrogen-bond donors (Lipinski definition) is 1. The number of hydrogen-bond acceptors (Lipinski definition) is 4. The summed E-state index contributed by atoms with van der Waals surface area (Å²) in [6.07, 6.45) is 3.76. The van der Waals surface area contributed by atoms with Gasteiger partial charge in [0.15, 0.2) is 0 Å². The molecule has 0 aliphatic rings. The fourth-order valence-electron chi connectivity index (χ4n) is 1.10. The highest BCUT2D eigenvalue weighted by molar-refractivity contribution is 7.99. The second kappa shape index (κ2) is 7.68. The second-order valence-corrected chi connectivity index (χ2v) is 4.43. The molecule has 0 aliphatic carbocycles. The Bertz CT molecular complexity index is 281. The van der Waals surface area contributed by atoms with Crippen LogP contribution in [-0.4, -0.2) is 37.5 Å². The van der Waals surface area contributed by atoms with Crippen LogP contribution in [-0.2, 0) is 4.74 Å². The fourth-order valence-corrected chi connectivity index (χ4v) is 1.94. The van der Waals surface area contributed by atoms with Gasteiger partial charge in [-0.25, -0.2) is 0 Å². The van der Waals surface area contributed by atoms with Crippen LogP contribution < -0.4 is 5.32 Å². The van der Waals surface area contributed by atoms with Crippen LogP contribution in [0.3, 0.4) is 0 Å². The normalized spacial score (nSPS) is 10.5. The minimum atomic E-state index is 0.781. The molecule has 0 radical (unpaired) electrons. The lowest BCUT2D eigenvalue weighted by molar-refractivity contribution is 0.153. The smallest absolute Gasteiger partial charge is 0.0591 e. The molecule has 1 rings (SSSR count). The fraction of sp³-hybridized carbons (Fsp3) is 0.545. The van der Waals surface area contributed by atoms with Crippen molar-refractivity contribution in [3.8, 4) is 0 Å². The van der Waals surface area contributed by atoms with E-state index >= 15 is 0 Å². The van der Waals surface area contributed by atoms with Gasteiger partial charge in [-0.2, -0.15) is 0 Å². The molecule has 0 fully saturated rings. The van der Waals surface area contributed by atoms with E-state index in [9.17, 15) is 0 Å². The van der Waals surface area contributed by atoms with Crippen molar-refractivity contribution >= 4 is 11.8 Å². The summed E-state index contributed by atoms with van der Waals surface area (Å²) in [7, 11) is 1.93. The monoisotopic (exact) mass is 226 g/mol. The number of nitrogens with one attached hydrogen (secondary N) is 1. The molecular formula is C11H18N2OS. The number of aromatic nitrogens is 1. The number of nitrogens with zero attached hydrogens (tertiary/aromatic N) is 1. The van der Waals surface area contributed by atoms with Crippen molar-refractivity contribution in [3.05, 3.63) is 24.0 Å². The summed E-state index contributed by atoms with van der Waals surface area (Å²) in [5.74, 6) is 0.981. The summed E-state index contributed by atoms with van der Waals surface area (Å²) >= 11 is 1.78. The van der Waals surface area contributed by atoms with Crippen molar-refractivity contribution in [3.63, 3.8) is 0 Å². The van der Waals surface area contributed by atoms with Gasteiger partial charge >= 0.3 is 0 Å². The van der Waals surface area contributed by atoms with Crippen LogP contribution in [0.4, 0.5) is 0 Å². The van der Waals surface area contributed by atoms with E-state index in [4.69, 9.17) is 4.74 Å². The van der Waals surface area contributed by atoms with Crippen molar-refractivity contribution in [1.82, 2.24) is 10.3 Å². The predicted molar refractivity (Wildman–Crippen MR) is 64.4 cm³/mol. The number of thioether (sulfide) groups is 1. The summed E-state index contributed by atoms with van der Waals surface area (Å²) in [6.45, 7) is 4.54. The zero-order valence-electron chi connectivity index (χ0n) is 9.32. The average molecular weight is 226 g/mol. The highest BCUT2D eigenvalue weighted by Crippen LogP contribution is 2.16. The van der Waals surface area contributed by atoms with Gasteiger partial charge in [0, 0.05) is 29.6 Å². The lowest BCUT2D eigenvalue weighted by Gasteiger charge is -2.04. The first kappa shape index (κ1) is 12.5. The Morgan fingerprint density at radius 3 is 3.00 bits per heavy atom. The first-order valence-corrected chi connectivity index (χ1v) is 6.08. The minimum absolute atomic E-state index is 0.781. The van der Waals surface area contributed by atoms with Gasteiger partial charge in [0.1, 0.15) is 0 Å². The van der Waals surface area contributed by atoms with Gasteiger partial charge in [-0.05, 0) is 25.6 Å². The molecule has 4 heteroatoms. The van der Waals surface area contributed by atoms with Crippen LogP contribution in [0.25, 0.3) is 0 Å². The van der Waals surface area contributed by atoms with Gasteiger partial charge in [-0.3, -0.25) is 4.98 Å². The maximum atomic E-state index is 5.42. The van der Waals surface area contributed by atoms with Crippen molar-refractivity contribution < 1.29 is 4.74 Å². The number of likely N-dealkylation sites (N-methyl/N-ethyl adjacent to an activating group) is 1. The molecule has 0 bridgehead atoms. The third-order valence-corrected chi connectivity index (χ3v) is 2.77. The van der Waals surface area contributed by atoms with Crippen molar-refractivity contribution in [2.45, 2.75) is 11.8 Å². The molecule has 0 aromatic carbocycles. The molecule has 0 amide bonds. The van der Waals surface area contributed by atoms with Gasteiger partial charge in [0.2, 0.25) is 0 Å². The molecule has 1 heterocycles. The zero-order chi connectivity index (χ0) is 10.9. The summed E-state index contributed by atoms with van der Waals surface area (Å²) in [5, 5.41) is 3.04. The van der Waals surface area contributed by atoms with E-state index < -0.39 is 0 Å². The zero-order valence-corrected chi connectivity index (χ0v) is 10.1. The van der Waals surface area contributed by atoms with Crippen LogP contribution in [0.2, 0.25) is 0 Å². The number of rotatable bonds is 7. The topological polar surface area (TPSA) is 34.1 Å². The molecular weight excluding hydrogens is 208 g/mol. The predicted octanol–water partition coefficient (Wildman–Crippen LogP) is 1.72. The van der Waals surface area contributed by atoms with E-state index in [1.165, 1.54) is 10.5 Å². The Kier molecular flexibility index (Phi) is 6.39. The molecule has 1 aromatic rings. The largest absolute Gasteiger partial charge is 0.379 e. The highest BCUT2D eigenvalue weighted by atomic mass is 32.2. The van der Waals surface area contributed by atoms with Gasteiger partial charge in [-0.1, -0.05) is 0 Å². The Labute approximate surface area is 95.6 Å². The standard InChI is InChI=1S/C11H18N2OS/c1-10-7-11(9-13-8-10)15-6-5-14-4-3-12-2/h7-9,12H,3-6H2,1-2H3. The Morgan fingerprint density at radius 1 is 1.40 bits per heavy atom. The molecule has 3 nitrogen and oxygen atoms in total. The Hall–Kier alpha value is -0.580. The Balaban J connectivity index is 2.10. The van der Waals surface area contributed by atoms with Crippen molar-refractivity contribution in [2.75, 3.05) is 32.6 Å². The first-order valence-electron chi connectivity index (χ1n) is 5.09. The molecule has 0 spiro atoms. The quantitative estimate of drug-likeness (QED) is 0.567. The van der Waals surface area contributed by atoms with Gasteiger partial charge < -0.3 is 10.1 Å². The summed E-state index contributed by atoms with van der Waals surface area (Å²) < 4.78 is 5.42. The molecule has 1 N–H and O–H groups in total. The van der Waals surface area contributed by atoms with Crippen LogP contribution in [0.5, 0.6) is 0 Å². The first-order chi connectivity index (χ1) is 7.33. The van der Waals surface area contributed by atoms with Crippen molar-refractivity contribution in [2.24, 2.45) is 0 Å². The molecule has 0 aliphatic heterocycles. The lowest BCUT2D eigenvalue weighted by atomic mass is 10.3. The lowest BCUT2D eigenvalue weighted by Crippen LogP contribution is -2.15. The molecule has 15 heavy (non-hydrogen) atoms. The van der Waals surface area contributed by atoms with Crippen LogP contribution in [0.15, 0.2) is 23.4 Å². The number of ether oxygens (including phenoxy) is 1. The molecule has 84 valence electrons. The van der Waals surface area contributed by atoms with E-state index in [2.05, 4.69) is 23.3 Å². The molecule has 1 aromatic heterocycles. The maximum absolute atomic E-state index is 5.42. The van der Waals surface area contributed by atoms with Crippen molar-refractivity contribution in [1.29, 1.82) is 0 Å². The van der Waals surface area contributed by atoms with E-state index in [0.717, 1.165) is 25.5 Å². The van der Waals surface area contributed by atoms with Crippen LogP contribution in [0.1, 0.15) is 5.56 Å². The third-order valence-electron chi connectivity index (χ3n) is 1.84. The highest BCUT2D eigenvalue weighted by Gasteiger charge is 1.95. The number of aryl methyl sites for hydroxylation is 1. The van der Waals surface area contributed by atoms with E-state index in [1.807, 2.05) is 19.4 Å². The van der Waals surface area contributed by atoms with Gasteiger partial charge in [0.25, 0.3) is 0 Å². The molecule has 0 saturated carbocycles. The van der Waals surface area contributed by atoms with E-state index in [1.54, 1.807) is 11.8 Å². The van der Waals surface area contributed by atoms with Gasteiger partial charge in [-0.15, -0.1) is 11.8 Å². The summed E-state index contributed by atoms with van der Waals surface area (Å²) in [5.41, 5.74) is 1.20. The molecule has 0 unspecified atom stereocenters. The van der Waals surface area contributed by atoms with E-state index in [0.29, 0.717) is 0 Å². The van der Waals surface area contributed by atoms with Crippen LogP contribution >= 0.6 is 11.8 Å². The van der Waals surface area contributed by atoms with E-state index in [-0.39, 0.29) is 0 Å². The van der Waals surface area contributed by atoms with Gasteiger partial charge in [0.05, 0.1) is 13.2 Å².